The quantitative estimate of drug-likeness (QED) is 0.476. The molecule has 0 aromatic heterocycles. The second-order valence-electron chi connectivity index (χ2n) is 5.42. The first kappa shape index (κ1) is 23.3. The maximum atomic E-state index is 6.50. The lowest BCUT2D eigenvalue weighted by Crippen LogP contribution is -2.62. The van der Waals surface area contributed by atoms with Gasteiger partial charge in [0.05, 0.1) is 0 Å². The lowest BCUT2D eigenvalue weighted by Gasteiger charge is -2.37. The van der Waals surface area contributed by atoms with Crippen LogP contribution in [-0.4, -0.2) is 54.0 Å². The fourth-order valence-electron chi connectivity index (χ4n) is 2.85. The number of hydrogen-bond donors (Lipinski definition) is 1. The summed E-state index contributed by atoms with van der Waals surface area (Å²) in [5.74, 6) is 0.0628. The molecule has 2 unspecified atom stereocenters. The van der Waals surface area contributed by atoms with Crippen molar-refractivity contribution in [1.29, 1.82) is 0 Å². The second kappa shape index (κ2) is 11.8. The van der Waals surface area contributed by atoms with Crippen LogP contribution in [0.3, 0.4) is 0 Å². The summed E-state index contributed by atoms with van der Waals surface area (Å²) in [5, 5.41) is 0. The Bertz CT molecular complexity index is 452. The van der Waals surface area contributed by atoms with Crippen LogP contribution in [0.15, 0.2) is 43.0 Å². The van der Waals surface area contributed by atoms with Crippen LogP contribution in [0, 0.1) is 0 Å². The van der Waals surface area contributed by atoms with Gasteiger partial charge >= 0.3 is 8.97 Å². The van der Waals surface area contributed by atoms with E-state index in [1.165, 1.54) is 0 Å². The van der Waals surface area contributed by atoms with Crippen molar-refractivity contribution in [3.05, 3.63) is 48.6 Å². The molecule has 1 rings (SSSR count). The van der Waals surface area contributed by atoms with Crippen LogP contribution < -0.4 is 5.73 Å². The van der Waals surface area contributed by atoms with Crippen LogP contribution in [0.25, 0.3) is 0 Å². The molecule has 0 saturated carbocycles. The SMILES string of the molecule is C=CC(c1ccccc1)C(N)CN(CCC)[Si](OC)(OC)OC.Cl. The van der Waals surface area contributed by atoms with Crippen LogP contribution in [-0.2, 0) is 13.3 Å². The zero-order valence-corrected chi connectivity index (χ0v) is 16.9. The number of rotatable bonds is 11. The van der Waals surface area contributed by atoms with Crippen LogP contribution in [0.1, 0.15) is 24.8 Å². The Morgan fingerprint density at radius 3 is 2.12 bits per heavy atom. The second-order valence-corrected chi connectivity index (χ2v) is 8.32. The largest absolute Gasteiger partial charge is 0.598 e. The molecule has 1 aromatic carbocycles. The van der Waals surface area contributed by atoms with Crippen molar-refractivity contribution >= 4 is 21.4 Å². The van der Waals surface area contributed by atoms with Gasteiger partial charge in [-0.2, -0.15) is 0 Å². The average molecular weight is 375 g/mol. The Labute approximate surface area is 153 Å². The van der Waals surface area contributed by atoms with Crippen molar-refractivity contribution in [2.75, 3.05) is 34.4 Å². The van der Waals surface area contributed by atoms with Gasteiger partial charge in [0.1, 0.15) is 0 Å². The third-order valence-electron chi connectivity index (χ3n) is 3.99. The van der Waals surface area contributed by atoms with Gasteiger partial charge in [-0.05, 0) is 18.5 Å². The molecule has 2 N–H and O–H groups in total. The molecular weight excluding hydrogens is 344 g/mol. The fourth-order valence-corrected chi connectivity index (χ4v) is 5.06. The molecule has 2 atom stereocenters. The van der Waals surface area contributed by atoms with Gasteiger partial charge in [0.15, 0.2) is 0 Å². The third-order valence-corrected chi connectivity index (χ3v) is 6.71. The average Bonchev–Trinajstić information content (AvgIpc) is 2.58. The van der Waals surface area contributed by atoms with Gasteiger partial charge in [-0.3, -0.25) is 4.57 Å². The van der Waals surface area contributed by atoms with Crippen molar-refractivity contribution in [1.82, 2.24) is 4.57 Å². The van der Waals surface area contributed by atoms with Crippen LogP contribution >= 0.6 is 12.4 Å². The van der Waals surface area contributed by atoms with Crippen molar-refractivity contribution in [3.63, 3.8) is 0 Å². The maximum Gasteiger partial charge on any atom is 0.598 e. The summed E-state index contributed by atoms with van der Waals surface area (Å²) in [5.41, 5.74) is 7.65. The number of benzene rings is 1. The molecule has 24 heavy (non-hydrogen) atoms. The molecule has 0 radical (unpaired) electrons. The van der Waals surface area contributed by atoms with E-state index in [2.05, 4.69) is 30.2 Å². The first-order chi connectivity index (χ1) is 11.1. The summed E-state index contributed by atoms with van der Waals surface area (Å²) in [6.45, 7) is 7.48. The van der Waals surface area contributed by atoms with Gasteiger partial charge in [-0.25, -0.2) is 0 Å². The zero-order chi connectivity index (χ0) is 17.3. The molecule has 0 bridgehead atoms. The number of nitrogens with two attached hydrogens (primary N) is 1. The highest BCUT2D eigenvalue weighted by molar-refractivity contribution is 6.57. The molecule has 0 saturated heterocycles. The highest BCUT2D eigenvalue weighted by Gasteiger charge is 2.46. The van der Waals surface area contributed by atoms with E-state index in [0.29, 0.717) is 6.54 Å². The first-order valence-electron chi connectivity index (χ1n) is 7.92. The third kappa shape index (κ3) is 5.67. The minimum Gasteiger partial charge on any atom is -0.364 e. The summed E-state index contributed by atoms with van der Waals surface area (Å²) >= 11 is 0. The number of hydrogen-bond acceptors (Lipinski definition) is 5. The molecule has 0 aliphatic rings. The summed E-state index contributed by atoms with van der Waals surface area (Å²) in [4.78, 5) is 0. The first-order valence-corrected chi connectivity index (χ1v) is 9.59. The van der Waals surface area contributed by atoms with Crippen molar-refractivity contribution < 1.29 is 13.3 Å². The predicted octanol–water partition coefficient (Wildman–Crippen LogP) is 2.79. The molecule has 0 aliphatic carbocycles. The molecule has 138 valence electrons. The monoisotopic (exact) mass is 374 g/mol. The summed E-state index contributed by atoms with van der Waals surface area (Å²) < 4.78 is 18.9. The van der Waals surface area contributed by atoms with Crippen molar-refractivity contribution in [3.8, 4) is 0 Å². The highest BCUT2D eigenvalue weighted by Crippen LogP contribution is 2.22. The van der Waals surface area contributed by atoms with E-state index in [1.54, 1.807) is 21.3 Å². The Morgan fingerprint density at radius 2 is 1.71 bits per heavy atom. The van der Waals surface area contributed by atoms with E-state index in [4.69, 9.17) is 19.0 Å². The standard InChI is InChI=1S/C17H30N2O3Si.ClH/c1-6-13-19(23(20-3,21-4)22-5)14-17(18)16(7-2)15-11-9-8-10-12-15;/h7-12,16-17H,2,6,13-14,18H2,1,3-5H3;1H. The minimum absolute atomic E-state index is 0. The summed E-state index contributed by atoms with van der Waals surface area (Å²) in [6, 6.07) is 10.0. The van der Waals surface area contributed by atoms with Gasteiger partial charge in [0.25, 0.3) is 0 Å². The maximum absolute atomic E-state index is 6.50. The Morgan fingerprint density at radius 1 is 1.17 bits per heavy atom. The fraction of sp³-hybridized carbons (Fsp3) is 0.529. The van der Waals surface area contributed by atoms with Crippen LogP contribution in [0.4, 0.5) is 0 Å². The number of halogens is 1. The molecular formula is C17H31ClN2O3Si. The van der Waals surface area contributed by atoms with Crippen LogP contribution in [0.5, 0.6) is 0 Å². The van der Waals surface area contributed by atoms with E-state index < -0.39 is 8.97 Å². The summed E-state index contributed by atoms with van der Waals surface area (Å²) in [6.07, 6.45) is 2.86. The predicted molar refractivity (Wildman–Crippen MR) is 103 cm³/mol. The highest BCUT2D eigenvalue weighted by atomic mass is 35.5. The lowest BCUT2D eigenvalue weighted by atomic mass is 9.92. The van der Waals surface area contributed by atoms with Crippen LogP contribution in [0.2, 0.25) is 0 Å². The minimum atomic E-state index is -2.87. The van der Waals surface area contributed by atoms with E-state index in [0.717, 1.165) is 18.5 Å². The Kier molecular flexibility index (Phi) is 11.4. The lowest BCUT2D eigenvalue weighted by molar-refractivity contribution is 0.0546. The van der Waals surface area contributed by atoms with E-state index in [-0.39, 0.29) is 24.4 Å². The smallest absolute Gasteiger partial charge is 0.364 e. The normalized spacial score (nSPS) is 14.1. The van der Waals surface area contributed by atoms with Gasteiger partial charge in [-0.15, -0.1) is 19.0 Å². The van der Waals surface area contributed by atoms with Crippen molar-refractivity contribution in [2.45, 2.75) is 25.3 Å². The molecule has 0 aliphatic heterocycles. The molecule has 0 spiro atoms. The van der Waals surface area contributed by atoms with E-state index >= 15 is 0 Å². The molecule has 0 heterocycles. The van der Waals surface area contributed by atoms with E-state index in [9.17, 15) is 0 Å². The van der Waals surface area contributed by atoms with Gasteiger partial charge in [0, 0.05) is 39.8 Å². The van der Waals surface area contributed by atoms with Crippen molar-refractivity contribution in [2.24, 2.45) is 5.73 Å². The van der Waals surface area contributed by atoms with Gasteiger partial charge in [-0.1, -0.05) is 43.3 Å². The molecule has 0 amide bonds. The Balaban J connectivity index is 0.00000529. The summed E-state index contributed by atoms with van der Waals surface area (Å²) in [7, 11) is 1.99. The molecule has 5 nitrogen and oxygen atoms in total. The van der Waals surface area contributed by atoms with E-state index in [1.807, 2.05) is 24.3 Å². The topological polar surface area (TPSA) is 57.0 Å². The zero-order valence-electron chi connectivity index (χ0n) is 15.1. The molecule has 7 heteroatoms. The Hall–Kier alpha value is -0.733. The molecule has 0 fully saturated rings. The molecule has 1 aromatic rings. The number of nitrogens with zero attached hydrogens (tertiary/aromatic N) is 1. The van der Waals surface area contributed by atoms with Gasteiger partial charge < -0.3 is 19.0 Å². The van der Waals surface area contributed by atoms with Gasteiger partial charge in [0.2, 0.25) is 0 Å².